The van der Waals surface area contributed by atoms with E-state index in [0.717, 1.165) is 61.3 Å². The summed E-state index contributed by atoms with van der Waals surface area (Å²) in [5.41, 5.74) is 14.7. The fourth-order valence-electron chi connectivity index (χ4n) is 8.82. The van der Waals surface area contributed by atoms with Crippen LogP contribution in [0.1, 0.15) is 25.0 Å². The summed E-state index contributed by atoms with van der Waals surface area (Å²) in [5.74, 6) is 1.82. The summed E-state index contributed by atoms with van der Waals surface area (Å²) < 4.78 is 6.96. The lowest BCUT2D eigenvalue weighted by atomic mass is 9.82. The molecule has 0 saturated carbocycles. The number of benzene rings is 8. The highest BCUT2D eigenvalue weighted by Crippen LogP contribution is 2.51. The Morgan fingerprint density at radius 3 is 1.66 bits per heavy atom. The van der Waals surface area contributed by atoms with Crippen molar-refractivity contribution in [1.29, 1.82) is 0 Å². The smallest absolute Gasteiger partial charge is 0.164 e. The van der Waals surface area contributed by atoms with Crippen molar-refractivity contribution in [3.05, 3.63) is 205 Å². The largest absolute Gasteiger partial charge is 0.454 e. The Hall–Kier alpha value is -7.63. The van der Waals surface area contributed by atoms with Crippen molar-refractivity contribution in [2.45, 2.75) is 19.3 Å². The van der Waals surface area contributed by atoms with E-state index in [4.69, 9.17) is 19.4 Å². The third-order valence-electron chi connectivity index (χ3n) is 11.7. The van der Waals surface area contributed by atoms with Crippen LogP contribution in [-0.4, -0.2) is 15.0 Å². The summed E-state index contributed by atoms with van der Waals surface area (Å²) in [4.78, 5) is 17.5. The maximum atomic E-state index is 6.96. The van der Waals surface area contributed by atoms with Gasteiger partial charge < -0.3 is 9.32 Å². The molecular weight excluding hydrogens is 721 g/mol. The molecule has 5 nitrogen and oxygen atoms in total. The molecule has 0 radical (unpaired) electrons. The Morgan fingerprint density at radius 1 is 0.424 bits per heavy atom. The van der Waals surface area contributed by atoms with Crippen LogP contribution in [0.4, 0.5) is 17.1 Å². The van der Waals surface area contributed by atoms with Gasteiger partial charge in [0, 0.05) is 44.3 Å². The van der Waals surface area contributed by atoms with Gasteiger partial charge in [0.25, 0.3) is 0 Å². The van der Waals surface area contributed by atoms with Crippen LogP contribution in [0.3, 0.4) is 0 Å². The summed E-state index contributed by atoms with van der Waals surface area (Å²) in [6, 6.07) is 67.8. The van der Waals surface area contributed by atoms with Crippen LogP contribution in [0.15, 0.2) is 199 Å². The van der Waals surface area contributed by atoms with E-state index in [1.807, 2.05) is 72.8 Å². The molecule has 0 N–H and O–H groups in total. The molecular formula is C54H38N4O. The zero-order valence-electron chi connectivity index (χ0n) is 32.7. The number of fused-ring (bicyclic) bond motifs is 6. The molecule has 8 aromatic carbocycles. The summed E-state index contributed by atoms with van der Waals surface area (Å²) in [7, 11) is 0. The van der Waals surface area contributed by atoms with Gasteiger partial charge >= 0.3 is 0 Å². The zero-order valence-corrected chi connectivity index (χ0v) is 32.7. The van der Waals surface area contributed by atoms with Crippen LogP contribution >= 0.6 is 0 Å². The number of para-hydroxylation sites is 1. The van der Waals surface area contributed by atoms with Gasteiger partial charge in [-0.25, -0.2) is 15.0 Å². The van der Waals surface area contributed by atoms with E-state index in [2.05, 4.69) is 140 Å². The van der Waals surface area contributed by atoms with Gasteiger partial charge in [-0.2, -0.15) is 0 Å². The Morgan fingerprint density at radius 2 is 0.966 bits per heavy atom. The van der Waals surface area contributed by atoms with Gasteiger partial charge in [0.2, 0.25) is 0 Å². The molecule has 0 bridgehead atoms. The Balaban J connectivity index is 1.11. The predicted octanol–water partition coefficient (Wildman–Crippen LogP) is 14.2. The molecule has 0 spiro atoms. The van der Waals surface area contributed by atoms with Crippen LogP contribution < -0.4 is 4.90 Å². The van der Waals surface area contributed by atoms with Crippen LogP contribution in [0, 0.1) is 0 Å². The number of hydrogen-bond donors (Lipinski definition) is 0. The molecule has 11 rings (SSSR count). The molecule has 0 atom stereocenters. The number of anilines is 3. The Kier molecular flexibility index (Phi) is 8.09. The predicted molar refractivity (Wildman–Crippen MR) is 241 cm³/mol. The van der Waals surface area contributed by atoms with Gasteiger partial charge in [-0.1, -0.05) is 172 Å². The van der Waals surface area contributed by atoms with E-state index in [1.54, 1.807) is 0 Å². The third-order valence-corrected chi connectivity index (χ3v) is 11.7. The van der Waals surface area contributed by atoms with E-state index in [9.17, 15) is 0 Å². The summed E-state index contributed by atoms with van der Waals surface area (Å²) in [6.45, 7) is 4.66. The second-order valence-corrected chi connectivity index (χ2v) is 15.6. The van der Waals surface area contributed by atoms with Crippen molar-refractivity contribution in [1.82, 2.24) is 15.0 Å². The van der Waals surface area contributed by atoms with E-state index in [1.165, 1.54) is 27.8 Å². The number of nitrogens with zero attached hydrogens (tertiary/aromatic N) is 4. The lowest BCUT2D eigenvalue weighted by Crippen LogP contribution is -2.16. The van der Waals surface area contributed by atoms with Crippen LogP contribution in [-0.2, 0) is 5.41 Å². The Bertz CT molecular complexity index is 3120. The number of furan rings is 1. The average Bonchev–Trinajstić information content (AvgIpc) is 3.80. The molecule has 0 unspecified atom stereocenters. The molecule has 0 aliphatic heterocycles. The van der Waals surface area contributed by atoms with Gasteiger partial charge in [-0.3, -0.25) is 0 Å². The summed E-state index contributed by atoms with van der Waals surface area (Å²) >= 11 is 0. The molecule has 1 aliphatic carbocycles. The van der Waals surface area contributed by atoms with Gasteiger partial charge in [0.15, 0.2) is 23.1 Å². The molecule has 0 fully saturated rings. The quantitative estimate of drug-likeness (QED) is 0.162. The first kappa shape index (κ1) is 34.6. The Labute approximate surface area is 342 Å². The maximum Gasteiger partial charge on any atom is 0.164 e. The molecule has 280 valence electrons. The van der Waals surface area contributed by atoms with Gasteiger partial charge in [0.05, 0.1) is 5.69 Å². The monoisotopic (exact) mass is 758 g/mol. The lowest BCUT2D eigenvalue weighted by Gasteiger charge is -2.28. The molecule has 5 heteroatoms. The second kappa shape index (κ2) is 13.8. The number of aromatic nitrogens is 3. The first-order valence-corrected chi connectivity index (χ1v) is 20.0. The number of hydrogen-bond acceptors (Lipinski definition) is 5. The second-order valence-electron chi connectivity index (χ2n) is 15.6. The molecule has 10 aromatic rings. The standard InChI is InChI=1S/C54H38N4O/c1-54(2)45-25-13-12-22-41(45)42-33-32-40(34-46(42)54)58(39-30-28-36(29-31-39)35-16-6-3-7-17-35)47-26-14-23-43-49-44(24-15-27-48(49)59-50(43)47)53-56-51(37-18-8-4-9-19-37)55-52(57-53)38-20-10-5-11-21-38/h3-34H,1-2H3. The van der Waals surface area contributed by atoms with Crippen molar-refractivity contribution in [2.75, 3.05) is 4.90 Å². The minimum atomic E-state index is -0.160. The van der Waals surface area contributed by atoms with Crippen LogP contribution in [0.2, 0.25) is 0 Å². The summed E-state index contributed by atoms with van der Waals surface area (Å²) in [6.07, 6.45) is 0. The molecule has 0 saturated heterocycles. The first-order valence-electron chi connectivity index (χ1n) is 20.0. The lowest BCUT2D eigenvalue weighted by molar-refractivity contribution is 0.660. The van der Waals surface area contributed by atoms with Crippen molar-refractivity contribution in [2.24, 2.45) is 0 Å². The molecule has 2 heterocycles. The van der Waals surface area contributed by atoms with Crippen molar-refractivity contribution in [3.8, 4) is 56.4 Å². The minimum Gasteiger partial charge on any atom is -0.454 e. The highest BCUT2D eigenvalue weighted by Gasteiger charge is 2.36. The average molecular weight is 759 g/mol. The van der Waals surface area contributed by atoms with E-state index in [-0.39, 0.29) is 5.41 Å². The van der Waals surface area contributed by atoms with E-state index < -0.39 is 0 Å². The van der Waals surface area contributed by atoms with Crippen LogP contribution in [0.25, 0.3) is 78.4 Å². The number of rotatable bonds is 7. The zero-order chi connectivity index (χ0) is 39.5. The molecule has 59 heavy (non-hydrogen) atoms. The minimum absolute atomic E-state index is 0.160. The van der Waals surface area contributed by atoms with E-state index >= 15 is 0 Å². The fraction of sp³-hybridized carbons (Fsp3) is 0.0556. The fourth-order valence-corrected chi connectivity index (χ4v) is 8.82. The molecule has 1 aliphatic rings. The van der Waals surface area contributed by atoms with Crippen molar-refractivity contribution < 1.29 is 4.42 Å². The summed E-state index contributed by atoms with van der Waals surface area (Å²) in [5, 5.41) is 1.94. The molecule has 0 amide bonds. The van der Waals surface area contributed by atoms with Gasteiger partial charge in [-0.05, 0) is 69.8 Å². The topological polar surface area (TPSA) is 55.1 Å². The van der Waals surface area contributed by atoms with Gasteiger partial charge in [-0.15, -0.1) is 0 Å². The maximum absolute atomic E-state index is 6.96. The first-order chi connectivity index (χ1) is 29.0. The third kappa shape index (κ3) is 5.81. The van der Waals surface area contributed by atoms with E-state index in [0.29, 0.717) is 17.5 Å². The van der Waals surface area contributed by atoms with Crippen molar-refractivity contribution in [3.63, 3.8) is 0 Å². The van der Waals surface area contributed by atoms with Crippen molar-refractivity contribution >= 4 is 39.0 Å². The van der Waals surface area contributed by atoms with Crippen LogP contribution in [0.5, 0.6) is 0 Å². The molecule has 2 aromatic heterocycles. The highest BCUT2D eigenvalue weighted by molar-refractivity contribution is 6.15. The van der Waals surface area contributed by atoms with Gasteiger partial charge in [0.1, 0.15) is 5.58 Å². The SMILES string of the molecule is CC1(C)c2ccccc2-c2ccc(N(c3ccc(-c4ccccc4)cc3)c3cccc4c3oc3cccc(-c5nc(-c6ccccc6)nc(-c6ccccc6)n5)c34)cc21. The normalized spacial score (nSPS) is 12.7. The highest BCUT2D eigenvalue weighted by atomic mass is 16.3.